The standard InChI is InChI=1S/C18H25N5O.HI/c1-19-18(23(3)14-16-10-7-11-22(16)2)21-13-17(24)20-12-15-8-5-4-6-9-15;/h4-11H,12-14H2,1-3H3,(H,19,21)(H,20,24);1H. The van der Waals surface area contributed by atoms with Crippen LogP contribution in [0, 0.1) is 0 Å². The molecule has 1 aromatic heterocycles. The first-order chi connectivity index (χ1) is 11.6. The van der Waals surface area contributed by atoms with Crippen LogP contribution in [0.25, 0.3) is 0 Å². The molecule has 25 heavy (non-hydrogen) atoms. The van der Waals surface area contributed by atoms with Crippen LogP contribution in [0.1, 0.15) is 11.3 Å². The van der Waals surface area contributed by atoms with E-state index in [-0.39, 0.29) is 36.4 Å². The van der Waals surface area contributed by atoms with Crippen molar-refractivity contribution in [2.45, 2.75) is 13.1 Å². The van der Waals surface area contributed by atoms with E-state index in [2.05, 4.69) is 26.3 Å². The van der Waals surface area contributed by atoms with Crippen LogP contribution >= 0.6 is 24.0 Å². The Bertz CT molecular complexity index is 684. The summed E-state index contributed by atoms with van der Waals surface area (Å²) in [5, 5.41) is 5.98. The van der Waals surface area contributed by atoms with Crippen molar-refractivity contribution >= 4 is 35.8 Å². The highest BCUT2D eigenvalue weighted by Gasteiger charge is 2.10. The van der Waals surface area contributed by atoms with Crippen molar-refractivity contribution in [2.24, 2.45) is 12.0 Å². The van der Waals surface area contributed by atoms with Gasteiger partial charge in [-0.2, -0.15) is 0 Å². The highest BCUT2D eigenvalue weighted by atomic mass is 127. The zero-order valence-electron chi connectivity index (χ0n) is 14.9. The van der Waals surface area contributed by atoms with E-state index >= 15 is 0 Å². The number of benzene rings is 1. The van der Waals surface area contributed by atoms with Gasteiger partial charge in [-0.25, -0.2) is 0 Å². The summed E-state index contributed by atoms with van der Waals surface area (Å²) in [5.41, 5.74) is 2.25. The lowest BCUT2D eigenvalue weighted by Gasteiger charge is -2.22. The summed E-state index contributed by atoms with van der Waals surface area (Å²) in [4.78, 5) is 18.2. The molecule has 1 heterocycles. The molecule has 0 aliphatic rings. The molecule has 2 rings (SSSR count). The van der Waals surface area contributed by atoms with Gasteiger partial charge >= 0.3 is 0 Å². The fourth-order valence-electron chi connectivity index (χ4n) is 2.38. The van der Waals surface area contributed by atoms with Crippen molar-refractivity contribution in [3.63, 3.8) is 0 Å². The molecule has 136 valence electrons. The van der Waals surface area contributed by atoms with Crippen LogP contribution in [0.3, 0.4) is 0 Å². The maximum Gasteiger partial charge on any atom is 0.239 e. The first kappa shape index (κ1) is 21.0. The van der Waals surface area contributed by atoms with Gasteiger partial charge in [-0.15, -0.1) is 24.0 Å². The lowest BCUT2D eigenvalue weighted by atomic mass is 10.2. The summed E-state index contributed by atoms with van der Waals surface area (Å²) in [6.45, 7) is 1.44. The largest absolute Gasteiger partial charge is 0.353 e. The molecule has 0 saturated heterocycles. The molecule has 2 aromatic rings. The summed E-state index contributed by atoms with van der Waals surface area (Å²) >= 11 is 0. The third-order valence-corrected chi connectivity index (χ3v) is 3.76. The summed E-state index contributed by atoms with van der Waals surface area (Å²) in [7, 11) is 5.67. The fraction of sp³-hybridized carbons (Fsp3) is 0.333. The number of nitrogens with one attached hydrogen (secondary N) is 2. The second-order valence-corrected chi connectivity index (χ2v) is 5.63. The van der Waals surface area contributed by atoms with Crippen molar-refractivity contribution in [3.8, 4) is 0 Å². The van der Waals surface area contributed by atoms with Crippen LogP contribution in [-0.2, 0) is 24.9 Å². The van der Waals surface area contributed by atoms with E-state index in [1.54, 1.807) is 7.05 Å². The Morgan fingerprint density at radius 3 is 2.48 bits per heavy atom. The zero-order valence-corrected chi connectivity index (χ0v) is 17.2. The van der Waals surface area contributed by atoms with E-state index in [0.717, 1.165) is 12.1 Å². The SMILES string of the molecule is CN=C(NCC(=O)NCc1ccccc1)N(C)Cc1cccn1C.I. The summed E-state index contributed by atoms with van der Waals surface area (Å²) in [6.07, 6.45) is 2.01. The molecule has 0 unspecified atom stereocenters. The number of aryl methyl sites for hydroxylation is 1. The second-order valence-electron chi connectivity index (χ2n) is 5.63. The van der Waals surface area contributed by atoms with Crippen molar-refractivity contribution in [3.05, 3.63) is 59.9 Å². The lowest BCUT2D eigenvalue weighted by molar-refractivity contribution is -0.120. The maximum atomic E-state index is 12.0. The van der Waals surface area contributed by atoms with E-state index in [0.29, 0.717) is 12.5 Å². The number of aliphatic imine (C=N–C) groups is 1. The Morgan fingerprint density at radius 2 is 1.88 bits per heavy atom. The van der Waals surface area contributed by atoms with Gasteiger partial charge in [-0.3, -0.25) is 9.79 Å². The van der Waals surface area contributed by atoms with Gasteiger partial charge in [0.15, 0.2) is 5.96 Å². The Labute approximate surface area is 166 Å². The fourth-order valence-corrected chi connectivity index (χ4v) is 2.38. The van der Waals surface area contributed by atoms with Crippen LogP contribution < -0.4 is 10.6 Å². The number of rotatable bonds is 6. The molecule has 1 amide bonds. The molecule has 7 heteroatoms. The second kappa shape index (κ2) is 10.8. The van der Waals surface area contributed by atoms with Crippen molar-refractivity contribution in [2.75, 3.05) is 20.6 Å². The Kier molecular flexibility index (Phi) is 9.04. The minimum atomic E-state index is -0.0627. The smallest absolute Gasteiger partial charge is 0.239 e. The van der Waals surface area contributed by atoms with Crippen LogP contribution in [0.5, 0.6) is 0 Å². The maximum absolute atomic E-state index is 12.0. The summed E-state index contributed by atoms with van der Waals surface area (Å²) in [5.74, 6) is 0.623. The average Bonchev–Trinajstić information content (AvgIpc) is 2.99. The highest BCUT2D eigenvalue weighted by Crippen LogP contribution is 2.03. The summed E-state index contributed by atoms with van der Waals surface area (Å²) in [6, 6.07) is 13.9. The molecular formula is C18H26IN5O. The molecule has 0 aliphatic carbocycles. The first-order valence-electron chi connectivity index (χ1n) is 7.92. The van der Waals surface area contributed by atoms with Crippen LogP contribution in [0.4, 0.5) is 0 Å². The highest BCUT2D eigenvalue weighted by molar-refractivity contribution is 14.0. The van der Waals surface area contributed by atoms with E-state index < -0.39 is 0 Å². The molecule has 0 atom stereocenters. The monoisotopic (exact) mass is 455 g/mol. The topological polar surface area (TPSA) is 61.7 Å². The number of carbonyl (C=O) groups is 1. The minimum Gasteiger partial charge on any atom is -0.353 e. The van der Waals surface area contributed by atoms with Crippen molar-refractivity contribution in [1.29, 1.82) is 0 Å². The van der Waals surface area contributed by atoms with Crippen LogP contribution in [-0.4, -0.2) is 42.0 Å². The molecule has 0 saturated carbocycles. The van der Waals surface area contributed by atoms with Crippen molar-refractivity contribution in [1.82, 2.24) is 20.1 Å². The lowest BCUT2D eigenvalue weighted by Crippen LogP contribution is -2.43. The normalized spacial score (nSPS) is 10.8. The van der Waals surface area contributed by atoms with Gasteiger partial charge in [-0.05, 0) is 17.7 Å². The van der Waals surface area contributed by atoms with Crippen molar-refractivity contribution < 1.29 is 4.79 Å². The summed E-state index contributed by atoms with van der Waals surface area (Å²) < 4.78 is 2.07. The third kappa shape index (κ3) is 6.77. The average molecular weight is 455 g/mol. The number of nitrogens with zero attached hydrogens (tertiary/aromatic N) is 3. The van der Waals surface area contributed by atoms with Crippen LogP contribution in [0.15, 0.2) is 53.7 Å². The molecule has 1 aromatic carbocycles. The Morgan fingerprint density at radius 1 is 1.16 bits per heavy atom. The molecule has 0 spiro atoms. The quantitative estimate of drug-likeness (QED) is 0.398. The molecule has 0 bridgehead atoms. The number of amides is 1. The Hall–Kier alpha value is -2.03. The predicted molar refractivity (Wildman–Crippen MR) is 112 cm³/mol. The number of halogens is 1. The number of aromatic nitrogens is 1. The van der Waals surface area contributed by atoms with E-state index in [1.165, 1.54) is 5.69 Å². The van der Waals surface area contributed by atoms with Crippen LogP contribution in [0.2, 0.25) is 0 Å². The van der Waals surface area contributed by atoms with Gasteiger partial charge in [0.2, 0.25) is 5.91 Å². The van der Waals surface area contributed by atoms with E-state index in [4.69, 9.17) is 0 Å². The van der Waals surface area contributed by atoms with Gasteiger partial charge < -0.3 is 20.1 Å². The number of guanidine groups is 1. The number of hydrogen-bond acceptors (Lipinski definition) is 2. The van der Waals surface area contributed by atoms with E-state index in [1.807, 2.05) is 61.6 Å². The molecule has 0 radical (unpaired) electrons. The van der Waals surface area contributed by atoms with Gasteiger partial charge in [0.25, 0.3) is 0 Å². The number of carbonyl (C=O) groups excluding carboxylic acids is 1. The first-order valence-corrected chi connectivity index (χ1v) is 7.92. The molecule has 0 fully saturated rings. The Balaban J connectivity index is 0.00000312. The molecule has 6 nitrogen and oxygen atoms in total. The number of hydrogen-bond donors (Lipinski definition) is 2. The van der Waals surface area contributed by atoms with E-state index in [9.17, 15) is 4.79 Å². The minimum absolute atomic E-state index is 0. The predicted octanol–water partition coefficient (Wildman–Crippen LogP) is 1.97. The molecular weight excluding hydrogens is 429 g/mol. The zero-order chi connectivity index (χ0) is 17.4. The van der Waals surface area contributed by atoms with Gasteiger partial charge in [-0.1, -0.05) is 30.3 Å². The molecule has 0 aliphatic heterocycles. The van der Waals surface area contributed by atoms with Gasteiger partial charge in [0.1, 0.15) is 0 Å². The third-order valence-electron chi connectivity index (χ3n) is 3.76. The van der Waals surface area contributed by atoms with Gasteiger partial charge in [0, 0.05) is 39.6 Å². The van der Waals surface area contributed by atoms with Gasteiger partial charge in [0.05, 0.1) is 13.1 Å². The molecule has 2 N–H and O–H groups in total.